The van der Waals surface area contributed by atoms with Crippen molar-refractivity contribution in [3.05, 3.63) is 34.1 Å². The molecule has 7 heteroatoms. The van der Waals surface area contributed by atoms with E-state index >= 15 is 0 Å². The quantitative estimate of drug-likeness (QED) is 0.605. The maximum absolute atomic E-state index is 13.1. The fourth-order valence-corrected chi connectivity index (χ4v) is 1.35. The molecule has 0 amide bonds. The van der Waals surface area contributed by atoms with E-state index in [4.69, 9.17) is 11.6 Å². The molecule has 0 aromatic heterocycles. The van der Waals surface area contributed by atoms with Gasteiger partial charge in [0.25, 0.3) is 0 Å². The molecule has 17 heavy (non-hydrogen) atoms. The fraction of sp³-hybridized carbons (Fsp3) is 0.300. The molecule has 2 nitrogen and oxygen atoms in total. The van der Waals surface area contributed by atoms with Crippen molar-refractivity contribution in [2.24, 2.45) is 0 Å². The Morgan fingerprint density at radius 2 is 2.00 bits per heavy atom. The lowest BCUT2D eigenvalue weighted by atomic mass is 10.1. The number of carbonyl (C=O) groups is 1. The molecule has 0 aliphatic heterocycles. The molecule has 0 aliphatic rings. The first kappa shape index (κ1) is 13.8. The molecule has 0 N–H and O–H groups in total. The number of hydrogen-bond acceptors (Lipinski definition) is 2. The minimum atomic E-state index is -4.92. The third-order valence-electron chi connectivity index (χ3n) is 1.84. The largest absolute Gasteiger partial charge is 0.462 e. The van der Waals surface area contributed by atoms with Crippen LogP contribution in [0.2, 0.25) is 5.02 Å². The van der Waals surface area contributed by atoms with E-state index in [1.807, 2.05) is 0 Å². The molecule has 0 atom stereocenters. The van der Waals surface area contributed by atoms with E-state index < -0.39 is 34.1 Å². The van der Waals surface area contributed by atoms with Crippen molar-refractivity contribution in [3.63, 3.8) is 0 Å². The van der Waals surface area contributed by atoms with Crippen molar-refractivity contribution < 1.29 is 27.1 Å². The molecule has 1 aromatic carbocycles. The summed E-state index contributed by atoms with van der Waals surface area (Å²) >= 11 is 5.29. The highest BCUT2D eigenvalue weighted by Crippen LogP contribution is 2.35. The second kappa shape index (κ2) is 4.91. The van der Waals surface area contributed by atoms with Crippen molar-refractivity contribution in [2.45, 2.75) is 13.1 Å². The topological polar surface area (TPSA) is 26.3 Å². The standard InChI is InChI=1S/C10H7ClF4O2/c1-2-17-9(16)5-3-6(10(13,14)15)8(12)7(11)4-5/h3-4H,2H2,1H3. The smallest absolute Gasteiger partial charge is 0.419 e. The zero-order valence-electron chi connectivity index (χ0n) is 8.57. The Morgan fingerprint density at radius 1 is 1.41 bits per heavy atom. The highest BCUT2D eigenvalue weighted by Gasteiger charge is 2.36. The highest BCUT2D eigenvalue weighted by molar-refractivity contribution is 6.31. The van der Waals surface area contributed by atoms with Crippen LogP contribution in [0.1, 0.15) is 22.8 Å². The number of halogens is 5. The molecule has 1 aromatic rings. The maximum atomic E-state index is 13.1. The number of esters is 1. The van der Waals surface area contributed by atoms with Crippen LogP contribution in [-0.4, -0.2) is 12.6 Å². The van der Waals surface area contributed by atoms with Crippen molar-refractivity contribution >= 4 is 17.6 Å². The molecule has 0 saturated carbocycles. The van der Waals surface area contributed by atoms with Crippen molar-refractivity contribution in [1.82, 2.24) is 0 Å². The summed E-state index contributed by atoms with van der Waals surface area (Å²) in [6.45, 7) is 1.49. The molecule has 94 valence electrons. The average Bonchev–Trinajstić information content (AvgIpc) is 2.20. The van der Waals surface area contributed by atoms with Gasteiger partial charge in [0.1, 0.15) is 0 Å². The number of hydrogen-bond donors (Lipinski definition) is 0. The van der Waals surface area contributed by atoms with E-state index in [2.05, 4.69) is 4.74 Å². The molecule has 0 heterocycles. The Bertz CT molecular complexity index is 443. The summed E-state index contributed by atoms with van der Waals surface area (Å²) in [5.41, 5.74) is -2.03. The molecular weight excluding hydrogens is 264 g/mol. The third kappa shape index (κ3) is 3.09. The summed E-state index contributed by atoms with van der Waals surface area (Å²) in [4.78, 5) is 11.2. The third-order valence-corrected chi connectivity index (χ3v) is 2.12. The lowest BCUT2D eigenvalue weighted by Crippen LogP contribution is -2.12. The first-order chi connectivity index (χ1) is 7.77. The summed E-state index contributed by atoms with van der Waals surface area (Å²) in [5.74, 6) is -2.59. The zero-order valence-corrected chi connectivity index (χ0v) is 9.32. The van der Waals surface area contributed by atoms with E-state index in [9.17, 15) is 22.4 Å². The van der Waals surface area contributed by atoms with Gasteiger partial charge in [0.15, 0.2) is 5.82 Å². The number of ether oxygens (including phenoxy) is 1. The van der Waals surface area contributed by atoms with Crippen molar-refractivity contribution in [1.29, 1.82) is 0 Å². The number of benzene rings is 1. The Labute approximate surface area is 99.1 Å². The Hall–Kier alpha value is -1.30. The lowest BCUT2D eigenvalue weighted by Gasteiger charge is -2.11. The van der Waals surface area contributed by atoms with E-state index in [0.29, 0.717) is 6.07 Å². The minimum Gasteiger partial charge on any atom is -0.462 e. The Kier molecular flexibility index (Phi) is 3.98. The molecule has 0 unspecified atom stereocenters. The second-order valence-electron chi connectivity index (χ2n) is 3.04. The van der Waals surface area contributed by atoms with Crippen LogP contribution >= 0.6 is 11.6 Å². The van der Waals surface area contributed by atoms with Crippen LogP contribution in [0.3, 0.4) is 0 Å². The molecule has 0 bridgehead atoms. The Balaban J connectivity index is 3.29. The summed E-state index contributed by atoms with van der Waals surface area (Å²) in [6, 6.07) is 1.17. The van der Waals surface area contributed by atoms with Gasteiger partial charge in [-0.3, -0.25) is 0 Å². The van der Waals surface area contributed by atoms with E-state index in [-0.39, 0.29) is 6.61 Å². The molecular formula is C10H7ClF4O2. The second-order valence-corrected chi connectivity index (χ2v) is 3.45. The van der Waals surface area contributed by atoms with E-state index in [0.717, 1.165) is 6.07 Å². The van der Waals surface area contributed by atoms with Gasteiger partial charge < -0.3 is 4.74 Å². The van der Waals surface area contributed by atoms with E-state index in [1.54, 1.807) is 0 Å². The summed E-state index contributed by atoms with van der Waals surface area (Å²) < 4.78 is 54.8. The number of rotatable bonds is 2. The summed E-state index contributed by atoms with van der Waals surface area (Å²) in [5, 5.41) is -0.775. The van der Waals surface area contributed by atoms with Gasteiger partial charge in [-0.25, -0.2) is 9.18 Å². The van der Waals surface area contributed by atoms with Gasteiger partial charge in [0.2, 0.25) is 0 Å². The molecule has 0 saturated heterocycles. The van der Waals surface area contributed by atoms with Gasteiger partial charge in [-0.15, -0.1) is 0 Å². The predicted octanol–water partition coefficient (Wildman–Crippen LogP) is 3.67. The van der Waals surface area contributed by atoms with Gasteiger partial charge in [0, 0.05) is 0 Å². The number of alkyl halides is 3. The van der Waals surface area contributed by atoms with Crippen LogP contribution in [-0.2, 0) is 10.9 Å². The maximum Gasteiger partial charge on any atom is 0.419 e. The van der Waals surface area contributed by atoms with Crippen LogP contribution in [0.25, 0.3) is 0 Å². The summed E-state index contributed by atoms with van der Waals surface area (Å²) in [6.07, 6.45) is -4.92. The molecule has 0 fully saturated rings. The summed E-state index contributed by atoms with van der Waals surface area (Å²) in [7, 11) is 0. The number of carbonyl (C=O) groups excluding carboxylic acids is 1. The molecule has 0 spiro atoms. The molecule has 1 rings (SSSR count). The van der Waals surface area contributed by atoms with Gasteiger partial charge in [0.05, 0.1) is 22.8 Å². The first-order valence-electron chi connectivity index (χ1n) is 4.50. The predicted molar refractivity (Wildman–Crippen MR) is 52.4 cm³/mol. The van der Waals surface area contributed by atoms with Crippen LogP contribution in [0.5, 0.6) is 0 Å². The van der Waals surface area contributed by atoms with Crippen LogP contribution in [0, 0.1) is 5.82 Å². The Morgan fingerprint density at radius 3 is 2.47 bits per heavy atom. The van der Waals surface area contributed by atoms with Gasteiger partial charge in [-0.1, -0.05) is 11.6 Å². The van der Waals surface area contributed by atoms with Gasteiger partial charge in [-0.2, -0.15) is 13.2 Å². The van der Waals surface area contributed by atoms with E-state index in [1.165, 1.54) is 6.92 Å². The van der Waals surface area contributed by atoms with Crippen LogP contribution < -0.4 is 0 Å². The monoisotopic (exact) mass is 270 g/mol. The fourth-order valence-electron chi connectivity index (χ4n) is 1.13. The van der Waals surface area contributed by atoms with Crippen molar-refractivity contribution in [2.75, 3.05) is 6.61 Å². The van der Waals surface area contributed by atoms with Gasteiger partial charge >= 0.3 is 12.1 Å². The van der Waals surface area contributed by atoms with Crippen LogP contribution in [0.4, 0.5) is 17.6 Å². The highest BCUT2D eigenvalue weighted by atomic mass is 35.5. The minimum absolute atomic E-state index is 0.00478. The molecule has 0 radical (unpaired) electrons. The van der Waals surface area contributed by atoms with Gasteiger partial charge in [-0.05, 0) is 19.1 Å². The normalized spacial score (nSPS) is 11.4. The van der Waals surface area contributed by atoms with Crippen LogP contribution in [0.15, 0.2) is 12.1 Å². The molecule has 0 aliphatic carbocycles. The average molecular weight is 271 g/mol. The SMILES string of the molecule is CCOC(=O)c1cc(Cl)c(F)c(C(F)(F)F)c1. The van der Waals surface area contributed by atoms with Crippen molar-refractivity contribution in [3.8, 4) is 0 Å². The first-order valence-corrected chi connectivity index (χ1v) is 4.88. The lowest BCUT2D eigenvalue weighted by molar-refractivity contribution is -0.140. The zero-order chi connectivity index (χ0) is 13.2.